The van der Waals surface area contributed by atoms with Crippen molar-refractivity contribution in [1.29, 1.82) is 0 Å². The third kappa shape index (κ3) is 3.78. The summed E-state index contributed by atoms with van der Waals surface area (Å²) in [5.74, 6) is 0.612. The molecular formula is C20H23N4O3+. The summed E-state index contributed by atoms with van der Waals surface area (Å²) in [4.78, 5) is 25.5. The molecule has 0 saturated carbocycles. The Hall–Kier alpha value is -2.93. The van der Waals surface area contributed by atoms with Gasteiger partial charge in [0.15, 0.2) is 13.1 Å². The number of piperazine rings is 1. The highest BCUT2D eigenvalue weighted by atomic mass is 16.3. The number of hydrogen-bond donors (Lipinski definition) is 2. The van der Waals surface area contributed by atoms with Crippen LogP contribution in [0.3, 0.4) is 0 Å². The highest BCUT2D eigenvalue weighted by Gasteiger charge is 2.36. The number of nitrogens with one attached hydrogen (secondary N) is 2. The molecular weight excluding hydrogens is 344 g/mol. The standard InChI is InChI=1S/C20H22N4O3/c1-14-4-6-15(7-5-14)16-11-17(18-3-2-10-27-18)24(22-16)20(26)13-23-9-8-21-19(25)12-23/h2-7,10,17H,8-9,11-13H2,1H3,(H,21,25)/p+1/t17-/m1/s1. The molecule has 7 nitrogen and oxygen atoms in total. The van der Waals surface area contributed by atoms with Crippen molar-refractivity contribution < 1.29 is 18.9 Å². The van der Waals surface area contributed by atoms with Gasteiger partial charge in [-0.1, -0.05) is 29.8 Å². The second-order valence-electron chi connectivity index (χ2n) is 7.09. The Labute approximate surface area is 157 Å². The number of furan rings is 1. The lowest BCUT2D eigenvalue weighted by Crippen LogP contribution is -3.16. The number of amides is 2. The van der Waals surface area contributed by atoms with Crippen LogP contribution in [0.15, 0.2) is 52.2 Å². The van der Waals surface area contributed by atoms with E-state index in [0.29, 0.717) is 19.5 Å². The molecule has 1 fully saturated rings. The Morgan fingerprint density at radius 3 is 2.85 bits per heavy atom. The maximum absolute atomic E-state index is 13.0. The molecule has 2 atom stereocenters. The fourth-order valence-electron chi connectivity index (χ4n) is 3.57. The lowest BCUT2D eigenvalue weighted by molar-refractivity contribution is -0.885. The molecule has 2 amide bonds. The summed E-state index contributed by atoms with van der Waals surface area (Å²) in [7, 11) is 0. The van der Waals surface area contributed by atoms with Gasteiger partial charge in [-0.05, 0) is 24.6 Å². The highest BCUT2D eigenvalue weighted by Crippen LogP contribution is 2.32. The van der Waals surface area contributed by atoms with Crippen molar-refractivity contribution in [3.63, 3.8) is 0 Å². The second-order valence-corrected chi connectivity index (χ2v) is 7.09. The van der Waals surface area contributed by atoms with Gasteiger partial charge in [0.25, 0.3) is 11.8 Å². The summed E-state index contributed by atoms with van der Waals surface area (Å²) in [6, 6.07) is 11.6. The van der Waals surface area contributed by atoms with Crippen LogP contribution in [0, 0.1) is 6.92 Å². The van der Waals surface area contributed by atoms with Crippen LogP contribution in [0.25, 0.3) is 0 Å². The van der Waals surface area contributed by atoms with E-state index in [9.17, 15) is 9.59 Å². The number of aryl methyl sites for hydroxylation is 1. The van der Waals surface area contributed by atoms with Gasteiger partial charge >= 0.3 is 0 Å². The van der Waals surface area contributed by atoms with Crippen LogP contribution in [-0.4, -0.2) is 48.7 Å². The zero-order valence-electron chi connectivity index (χ0n) is 15.3. The molecule has 0 aliphatic carbocycles. The second kappa shape index (κ2) is 7.36. The minimum Gasteiger partial charge on any atom is -0.467 e. The molecule has 2 aliphatic rings. The summed E-state index contributed by atoms with van der Waals surface area (Å²) in [6.45, 7) is 3.94. The van der Waals surface area contributed by atoms with Crippen molar-refractivity contribution >= 4 is 17.5 Å². The average molecular weight is 367 g/mol. The van der Waals surface area contributed by atoms with Crippen molar-refractivity contribution in [3.05, 3.63) is 59.5 Å². The van der Waals surface area contributed by atoms with Gasteiger partial charge in [0.2, 0.25) is 0 Å². The number of carbonyl (C=O) groups excluding carboxylic acids is 2. The first-order chi connectivity index (χ1) is 13.1. The minimum absolute atomic E-state index is 0.0168. The van der Waals surface area contributed by atoms with E-state index in [-0.39, 0.29) is 24.4 Å². The highest BCUT2D eigenvalue weighted by molar-refractivity contribution is 6.03. The predicted octanol–water partition coefficient (Wildman–Crippen LogP) is 0.280. The van der Waals surface area contributed by atoms with Crippen molar-refractivity contribution in [2.24, 2.45) is 5.10 Å². The number of nitrogens with zero attached hydrogens (tertiary/aromatic N) is 2. The molecule has 0 radical (unpaired) electrons. The fraction of sp³-hybridized carbons (Fsp3) is 0.350. The number of hydrogen-bond acceptors (Lipinski definition) is 4. The molecule has 0 bridgehead atoms. The zero-order chi connectivity index (χ0) is 18.8. The third-order valence-corrected chi connectivity index (χ3v) is 5.03. The van der Waals surface area contributed by atoms with Crippen LogP contribution in [-0.2, 0) is 9.59 Å². The Morgan fingerprint density at radius 1 is 1.33 bits per heavy atom. The van der Waals surface area contributed by atoms with Crippen molar-refractivity contribution in [2.75, 3.05) is 26.2 Å². The Morgan fingerprint density at radius 2 is 2.15 bits per heavy atom. The van der Waals surface area contributed by atoms with Crippen molar-refractivity contribution in [3.8, 4) is 0 Å². The number of carbonyl (C=O) groups is 2. The molecule has 27 heavy (non-hydrogen) atoms. The summed E-state index contributed by atoms with van der Waals surface area (Å²) in [6.07, 6.45) is 2.22. The van der Waals surface area contributed by atoms with E-state index in [1.807, 2.05) is 43.3 Å². The molecule has 7 heteroatoms. The molecule has 4 rings (SSSR count). The topological polar surface area (TPSA) is 79.4 Å². The first-order valence-corrected chi connectivity index (χ1v) is 9.20. The molecule has 1 unspecified atom stereocenters. The van der Waals surface area contributed by atoms with E-state index >= 15 is 0 Å². The molecule has 1 aromatic carbocycles. The SMILES string of the molecule is Cc1ccc(C2=NN(C(=O)C[NH+]3CCNC(=O)C3)[C@@H](c3ccco3)C2)cc1. The van der Waals surface area contributed by atoms with Crippen molar-refractivity contribution in [2.45, 2.75) is 19.4 Å². The molecule has 0 spiro atoms. The molecule has 3 heterocycles. The monoisotopic (exact) mass is 367 g/mol. The van der Waals surface area contributed by atoms with Crippen LogP contribution in [0.4, 0.5) is 0 Å². The van der Waals surface area contributed by atoms with Gasteiger partial charge in [-0.15, -0.1) is 0 Å². The van der Waals surface area contributed by atoms with E-state index in [1.165, 1.54) is 10.6 Å². The molecule has 2 N–H and O–H groups in total. The van der Waals surface area contributed by atoms with Crippen LogP contribution in [0.5, 0.6) is 0 Å². The predicted molar refractivity (Wildman–Crippen MR) is 99.2 cm³/mol. The number of quaternary nitrogens is 1. The molecule has 1 saturated heterocycles. The Bertz CT molecular complexity index is 858. The van der Waals surface area contributed by atoms with Gasteiger partial charge in [0, 0.05) is 6.42 Å². The largest absolute Gasteiger partial charge is 0.467 e. The summed E-state index contributed by atoms with van der Waals surface area (Å²) >= 11 is 0. The average Bonchev–Trinajstić information content (AvgIpc) is 3.32. The maximum atomic E-state index is 13.0. The van der Waals surface area contributed by atoms with E-state index in [0.717, 1.165) is 28.5 Å². The van der Waals surface area contributed by atoms with Gasteiger partial charge in [0.05, 0.1) is 25.1 Å². The molecule has 2 aliphatic heterocycles. The van der Waals surface area contributed by atoms with Crippen LogP contribution in [0.2, 0.25) is 0 Å². The zero-order valence-corrected chi connectivity index (χ0v) is 15.3. The van der Waals surface area contributed by atoms with Gasteiger partial charge in [-0.3, -0.25) is 9.59 Å². The maximum Gasteiger partial charge on any atom is 0.298 e. The van der Waals surface area contributed by atoms with Crippen molar-refractivity contribution in [1.82, 2.24) is 10.3 Å². The Balaban J connectivity index is 1.56. The number of rotatable bonds is 4. The van der Waals surface area contributed by atoms with Gasteiger partial charge in [0.1, 0.15) is 11.8 Å². The number of hydrazone groups is 1. The van der Waals surface area contributed by atoms with Crippen LogP contribution in [0.1, 0.15) is 29.3 Å². The fourth-order valence-corrected chi connectivity index (χ4v) is 3.57. The van der Waals surface area contributed by atoms with E-state index in [4.69, 9.17) is 4.42 Å². The first-order valence-electron chi connectivity index (χ1n) is 9.20. The Kier molecular flexibility index (Phi) is 4.77. The van der Waals surface area contributed by atoms with Gasteiger partial charge in [-0.2, -0.15) is 5.10 Å². The van der Waals surface area contributed by atoms with E-state index in [1.54, 1.807) is 6.26 Å². The lowest BCUT2D eigenvalue weighted by Gasteiger charge is -2.26. The normalized spacial score (nSPS) is 22.5. The van der Waals surface area contributed by atoms with Crippen LogP contribution >= 0.6 is 0 Å². The van der Waals surface area contributed by atoms with E-state index < -0.39 is 0 Å². The first kappa shape index (κ1) is 17.5. The number of benzene rings is 1. The quantitative estimate of drug-likeness (QED) is 0.815. The summed E-state index contributed by atoms with van der Waals surface area (Å²) < 4.78 is 5.57. The molecule has 2 aromatic rings. The minimum atomic E-state index is -0.248. The smallest absolute Gasteiger partial charge is 0.298 e. The lowest BCUT2D eigenvalue weighted by atomic mass is 10.0. The molecule has 1 aromatic heterocycles. The summed E-state index contributed by atoms with van der Waals surface area (Å²) in [5, 5.41) is 8.96. The van der Waals surface area contributed by atoms with Gasteiger partial charge in [-0.25, -0.2) is 5.01 Å². The van der Waals surface area contributed by atoms with E-state index in [2.05, 4.69) is 10.4 Å². The summed E-state index contributed by atoms with van der Waals surface area (Å²) in [5.41, 5.74) is 3.06. The molecule has 140 valence electrons. The van der Waals surface area contributed by atoms with Gasteiger partial charge < -0.3 is 14.6 Å². The van der Waals surface area contributed by atoms with Crippen LogP contribution < -0.4 is 10.2 Å². The third-order valence-electron chi connectivity index (χ3n) is 5.03.